The Hall–Kier alpha value is -2.34. The average molecular weight is 835 g/mol. The lowest BCUT2D eigenvalue weighted by molar-refractivity contribution is -0.305. The lowest BCUT2D eigenvalue weighted by atomic mass is 9.99. The topological polar surface area (TPSA) is 152 Å². The number of hydrogen-bond acceptors (Lipinski definition) is 10. The van der Waals surface area contributed by atoms with Crippen LogP contribution >= 0.6 is 0 Å². The standard InChI is InChI=1S/C49H86O10/c1-3-5-7-9-11-13-15-17-19-20-21-22-24-26-28-30-32-34-36-38-45(52)58-42(41-57-49-48(55)47(54)46(53)43(39-50)59-49)40-56-44(51)37-35-33-31-29-27-25-23-18-16-14-12-10-8-6-4-2/h11,13,17,19,21-22,26,28,42-43,46-50,53-55H,3-10,12,14-16,18,20,23-25,27,29-41H2,1-2H3/b13-11+,19-17+,22-21+,28-26+/t42-,43-,46+,47?,48?,49-/m1/s1. The molecule has 0 radical (unpaired) electrons. The van der Waals surface area contributed by atoms with Gasteiger partial charge >= 0.3 is 11.9 Å². The number of rotatable bonds is 39. The predicted octanol–water partition coefficient (Wildman–Crippen LogP) is 10.4. The lowest BCUT2D eigenvalue weighted by Crippen LogP contribution is -2.59. The Morgan fingerprint density at radius 3 is 1.46 bits per heavy atom. The number of aliphatic hydroxyl groups excluding tert-OH is 4. The maximum Gasteiger partial charge on any atom is 0.306 e. The van der Waals surface area contributed by atoms with Crippen molar-refractivity contribution in [2.45, 2.75) is 230 Å². The van der Waals surface area contributed by atoms with Gasteiger partial charge < -0.3 is 39.4 Å². The van der Waals surface area contributed by atoms with E-state index in [1.54, 1.807) is 0 Å². The first-order chi connectivity index (χ1) is 28.8. The smallest absolute Gasteiger partial charge is 0.306 e. The summed E-state index contributed by atoms with van der Waals surface area (Å²) in [6.45, 7) is 3.37. The maximum atomic E-state index is 12.8. The minimum absolute atomic E-state index is 0.193. The average Bonchev–Trinajstić information content (AvgIpc) is 3.23. The van der Waals surface area contributed by atoms with Crippen molar-refractivity contribution in [3.8, 4) is 0 Å². The zero-order valence-electron chi connectivity index (χ0n) is 37.2. The van der Waals surface area contributed by atoms with E-state index in [-0.39, 0.29) is 32.0 Å². The van der Waals surface area contributed by atoms with Crippen molar-refractivity contribution in [2.75, 3.05) is 19.8 Å². The molecule has 0 aromatic carbocycles. The molecule has 0 amide bonds. The van der Waals surface area contributed by atoms with Crippen molar-refractivity contribution in [3.63, 3.8) is 0 Å². The third-order valence-corrected chi connectivity index (χ3v) is 10.7. The lowest BCUT2D eigenvalue weighted by Gasteiger charge is -2.39. The fourth-order valence-corrected chi connectivity index (χ4v) is 6.94. The third kappa shape index (κ3) is 31.2. The number of unbranched alkanes of at least 4 members (excludes halogenated alkanes) is 20. The molecule has 0 spiro atoms. The summed E-state index contributed by atoms with van der Waals surface area (Å²) in [7, 11) is 0. The molecule has 342 valence electrons. The van der Waals surface area contributed by atoms with E-state index in [2.05, 4.69) is 62.5 Å². The first kappa shape index (κ1) is 54.7. The van der Waals surface area contributed by atoms with Crippen molar-refractivity contribution in [1.29, 1.82) is 0 Å². The predicted molar refractivity (Wildman–Crippen MR) is 238 cm³/mol. The number of ether oxygens (including phenoxy) is 4. The van der Waals surface area contributed by atoms with Crippen molar-refractivity contribution in [2.24, 2.45) is 0 Å². The molecule has 1 rings (SSSR count). The van der Waals surface area contributed by atoms with Gasteiger partial charge in [0.25, 0.3) is 0 Å². The Morgan fingerprint density at radius 1 is 0.525 bits per heavy atom. The Morgan fingerprint density at radius 2 is 0.949 bits per heavy atom. The van der Waals surface area contributed by atoms with Gasteiger partial charge in [0.1, 0.15) is 31.0 Å². The van der Waals surface area contributed by atoms with Crippen molar-refractivity contribution in [3.05, 3.63) is 48.6 Å². The van der Waals surface area contributed by atoms with E-state index >= 15 is 0 Å². The minimum Gasteiger partial charge on any atom is -0.462 e. The fourth-order valence-electron chi connectivity index (χ4n) is 6.94. The zero-order chi connectivity index (χ0) is 43.0. The van der Waals surface area contributed by atoms with Gasteiger partial charge in [0, 0.05) is 12.8 Å². The molecule has 0 bridgehead atoms. The van der Waals surface area contributed by atoms with E-state index in [0.717, 1.165) is 57.8 Å². The highest BCUT2D eigenvalue weighted by molar-refractivity contribution is 5.70. The first-order valence-corrected chi connectivity index (χ1v) is 23.7. The summed E-state index contributed by atoms with van der Waals surface area (Å²) in [4.78, 5) is 25.4. The largest absolute Gasteiger partial charge is 0.462 e. The van der Waals surface area contributed by atoms with Crippen LogP contribution in [-0.4, -0.2) is 89.0 Å². The first-order valence-electron chi connectivity index (χ1n) is 23.7. The van der Waals surface area contributed by atoms with Crippen LogP contribution in [0, 0.1) is 0 Å². The highest BCUT2D eigenvalue weighted by Gasteiger charge is 2.44. The van der Waals surface area contributed by atoms with Crippen LogP contribution in [0.5, 0.6) is 0 Å². The summed E-state index contributed by atoms with van der Waals surface area (Å²) in [6.07, 6.45) is 39.7. The van der Waals surface area contributed by atoms with Crippen LogP contribution in [0.1, 0.15) is 194 Å². The van der Waals surface area contributed by atoms with Crippen LogP contribution in [0.25, 0.3) is 0 Å². The van der Waals surface area contributed by atoms with Gasteiger partial charge in [0.15, 0.2) is 12.4 Å². The molecule has 0 aliphatic carbocycles. The number of aliphatic hydroxyl groups is 4. The molecular weight excluding hydrogens is 749 g/mol. The van der Waals surface area contributed by atoms with Gasteiger partial charge in [-0.2, -0.15) is 0 Å². The Balaban J connectivity index is 2.34. The second-order valence-corrected chi connectivity index (χ2v) is 16.2. The van der Waals surface area contributed by atoms with Gasteiger partial charge in [0.2, 0.25) is 0 Å². The summed E-state index contributed by atoms with van der Waals surface area (Å²) < 4.78 is 22.2. The van der Waals surface area contributed by atoms with E-state index in [1.165, 1.54) is 103 Å². The van der Waals surface area contributed by atoms with Crippen LogP contribution < -0.4 is 0 Å². The van der Waals surface area contributed by atoms with E-state index < -0.39 is 49.4 Å². The second-order valence-electron chi connectivity index (χ2n) is 16.2. The molecule has 1 aliphatic rings. The Bertz CT molecular complexity index is 1100. The Kier molecular flexibility index (Phi) is 36.9. The molecule has 1 aliphatic heterocycles. The molecule has 0 aromatic rings. The normalized spacial score (nSPS) is 20.4. The van der Waals surface area contributed by atoms with Crippen LogP contribution in [0.2, 0.25) is 0 Å². The van der Waals surface area contributed by atoms with Crippen molar-refractivity contribution in [1.82, 2.24) is 0 Å². The van der Waals surface area contributed by atoms with Gasteiger partial charge in [0.05, 0.1) is 13.2 Å². The van der Waals surface area contributed by atoms with E-state index in [4.69, 9.17) is 18.9 Å². The molecule has 6 atom stereocenters. The summed E-state index contributed by atoms with van der Waals surface area (Å²) >= 11 is 0. The van der Waals surface area contributed by atoms with E-state index in [0.29, 0.717) is 6.42 Å². The molecule has 0 aromatic heterocycles. The monoisotopic (exact) mass is 835 g/mol. The summed E-state index contributed by atoms with van der Waals surface area (Å²) in [5.74, 6) is -0.839. The Labute approximate surface area is 358 Å². The van der Waals surface area contributed by atoms with Gasteiger partial charge in [-0.1, -0.05) is 172 Å². The quantitative estimate of drug-likeness (QED) is 0.0267. The summed E-state index contributed by atoms with van der Waals surface area (Å²) in [6, 6.07) is 0. The zero-order valence-corrected chi connectivity index (χ0v) is 37.2. The molecule has 59 heavy (non-hydrogen) atoms. The van der Waals surface area contributed by atoms with Crippen LogP contribution in [0.3, 0.4) is 0 Å². The second kappa shape index (κ2) is 39.8. The third-order valence-electron chi connectivity index (χ3n) is 10.7. The van der Waals surface area contributed by atoms with Gasteiger partial charge in [-0.15, -0.1) is 0 Å². The van der Waals surface area contributed by atoms with E-state index in [9.17, 15) is 30.0 Å². The SMILES string of the molecule is CCCCC/C=C/C/C=C/C/C=C/C/C=C/CCCCCC(=O)O[C@H](COC(=O)CCCCCCCCCCCCCCCCC)CO[C@@H]1O[C@H](CO)[C@H](O)C(O)C1O. The van der Waals surface area contributed by atoms with Gasteiger partial charge in [-0.3, -0.25) is 9.59 Å². The number of carbonyl (C=O) groups is 2. The highest BCUT2D eigenvalue weighted by atomic mass is 16.7. The van der Waals surface area contributed by atoms with E-state index in [1.807, 2.05) is 0 Å². The molecule has 1 saturated heterocycles. The van der Waals surface area contributed by atoms with Gasteiger partial charge in [-0.05, 0) is 57.8 Å². The van der Waals surface area contributed by atoms with Crippen LogP contribution in [-0.2, 0) is 28.5 Å². The molecule has 1 fully saturated rings. The van der Waals surface area contributed by atoms with Gasteiger partial charge in [-0.25, -0.2) is 0 Å². The molecule has 0 saturated carbocycles. The maximum absolute atomic E-state index is 12.8. The number of hydrogen-bond donors (Lipinski definition) is 4. The van der Waals surface area contributed by atoms with Crippen LogP contribution in [0.15, 0.2) is 48.6 Å². The molecule has 10 heteroatoms. The molecule has 4 N–H and O–H groups in total. The number of carbonyl (C=O) groups excluding carboxylic acids is 2. The van der Waals surface area contributed by atoms with Crippen molar-refractivity contribution < 1.29 is 49.0 Å². The molecular formula is C49H86O10. The molecule has 1 heterocycles. The van der Waals surface area contributed by atoms with Crippen molar-refractivity contribution >= 4 is 11.9 Å². The highest BCUT2D eigenvalue weighted by Crippen LogP contribution is 2.23. The fraction of sp³-hybridized carbons (Fsp3) is 0.796. The summed E-state index contributed by atoms with van der Waals surface area (Å²) in [5, 5.41) is 40.1. The number of allylic oxidation sites excluding steroid dienone is 8. The molecule has 2 unspecified atom stereocenters. The summed E-state index contributed by atoms with van der Waals surface area (Å²) in [5.41, 5.74) is 0. The minimum atomic E-state index is -1.60. The molecule has 10 nitrogen and oxygen atoms in total. The van der Waals surface area contributed by atoms with Crippen LogP contribution in [0.4, 0.5) is 0 Å². The number of esters is 2.